The number of phenolic OH excluding ortho intramolecular Hbond substituents is 1. The molecule has 0 bridgehead atoms. The van der Waals surface area contributed by atoms with Gasteiger partial charge in [0.15, 0.2) is 11.5 Å². The number of hydrogen-bond donors (Lipinski definition) is 4. The number of nitrogens with zero attached hydrogens (tertiary/aromatic N) is 4. The smallest absolute Gasteiger partial charge is 0.204 e. The molecule has 0 saturated heterocycles. The minimum atomic E-state index is -0.940. The van der Waals surface area contributed by atoms with Gasteiger partial charge in [-0.15, -0.1) is 0 Å². The largest absolute Gasteiger partial charge is 0.504 e. The van der Waals surface area contributed by atoms with Crippen LogP contribution in [-0.4, -0.2) is 101 Å². The molecule has 15 heteroatoms. The summed E-state index contributed by atoms with van der Waals surface area (Å²) in [5, 5.41) is 25.9. The fourth-order valence-electron chi connectivity index (χ4n) is 3.95. The molecule has 2 aromatic carbocycles. The average Bonchev–Trinajstić information content (AvgIpc) is 3.04. The van der Waals surface area contributed by atoms with Crippen molar-refractivity contribution in [3.63, 3.8) is 0 Å². The molecular weight excluding hydrogens is 588 g/mol. The average molecular weight is 631 g/mol. The molecule has 2 aromatic rings. The van der Waals surface area contributed by atoms with Crippen molar-refractivity contribution in [2.75, 3.05) is 85.8 Å². The number of aromatic hydroxyl groups is 1. The molecule has 1 heterocycles. The zero-order chi connectivity index (χ0) is 32.1. The highest BCUT2D eigenvalue weighted by Crippen LogP contribution is 2.46. The fraction of sp³-hybridized carbons (Fsp3) is 0.467. The van der Waals surface area contributed by atoms with Crippen LogP contribution >= 0.6 is 0 Å². The van der Waals surface area contributed by atoms with Gasteiger partial charge in [-0.3, -0.25) is 0 Å². The monoisotopic (exact) mass is 630 g/mol. The van der Waals surface area contributed by atoms with Crippen LogP contribution in [0.2, 0.25) is 0 Å². The molecule has 15 nitrogen and oxygen atoms in total. The van der Waals surface area contributed by atoms with Gasteiger partial charge in [-0.25, -0.2) is 5.84 Å². The van der Waals surface area contributed by atoms with E-state index in [1.54, 1.807) is 12.1 Å². The van der Waals surface area contributed by atoms with E-state index in [0.717, 1.165) is 5.56 Å². The lowest BCUT2D eigenvalue weighted by Gasteiger charge is -2.25. The number of ether oxygens (including phenoxy) is 7. The van der Waals surface area contributed by atoms with Crippen molar-refractivity contribution in [1.29, 1.82) is 0 Å². The Hall–Kier alpha value is -4.05. The molecule has 6 N–H and O–H groups in total. The first kappa shape index (κ1) is 35.4. The van der Waals surface area contributed by atoms with Gasteiger partial charge in [-0.1, -0.05) is 35.4 Å². The normalized spacial score (nSPS) is 14.2. The quantitative estimate of drug-likeness (QED) is 0.0349. The van der Waals surface area contributed by atoms with Crippen LogP contribution in [0.5, 0.6) is 17.2 Å². The van der Waals surface area contributed by atoms with Crippen molar-refractivity contribution in [1.82, 2.24) is 5.01 Å². The first-order chi connectivity index (χ1) is 22.0. The van der Waals surface area contributed by atoms with E-state index in [2.05, 4.69) is 10.0 Å². The molecule has 1 aliphatic rings. The van der Waals surface area contributed by atoms with E-state index in [1.807, 2.05) is 30.3 Å². The number of rotatable bonds is 23. The number of hydrazine groups is 1. The van der Waals surface area contributed by atoms with Gasteiger partial charge in [0.1, 0.15) is 18.5 Å². The number of azide groups is 1. The second-order valence-corrected chi connectivity index (χ2v) is 9.52. The number of fused-ring (bicyclic) bond motifs is 1. The standard InChI is InChI=1S/C30H42N6O9/c31-24(21-36(33)9-11-40-13-15-42-17-19-43-18-16-41-14-12-39-10-8-34-35-32)22-44-30-26(37)7-6-25-27(38)20-28(45-29(25)30)23-4-2-1-3-5-23/h1-7,20-21,27,37-38H,8-19,22,31,33H2/b24-21-. The summed E-state index contributed by atoms with van der Waals surface area (Å²) in [6.45, 7) is 4.77. The zero-order valence-corrected chi connectivity index (χ0v) is 25.2. The highest BCUT2D eigenvalue weighted by Gasteiger charge is 2.27. The highest BCUT2D eigenvalue weighted by molar-refractivity contribution is 5.70. The van der Waals surface area contributed by atoms with Crippen LogP contribution in [0, 0.1) is 0 Å². The van der Waals surface area contributed by atoms with Crippen molar-refractivity contribution in [2.45, 2.75) is 6.10 Å². The second kappa shape index (κ2) is 20.8. The maximum absolute atomic E-state index is 10.7. The second-order valence-electron chi connectivity index (χ2n) is 9.52. The Bertz CT molecular complexity index is 1260. The molecule has 246 valence electrons. The summed E-state index contributed by atoms with van der Waals surface area (Å²) in [6.07, 6.45) is 2.17. The summed E-state index contributed by atoms with van der Waals surface area (Å²) < 4.78 is 38.9. The van der Waals surface area contributed by atoms with Gasteiger partial charge < -0.3 is 54.1 Å². The summed E-state index contributed by atoms with van der Waals surface area (Å²) in [5.74, 6) is 6.58. The molecule has 0 radical (unpaired) electrons. The number of aliphatic hydroxyl groups is 1. The van der Waals surface area contributed by atoms with E-state index < -0.39 is 6.10 Å². The van der Waals surface area contributed by atoms with E-state index >= 15 is 0 Å². The first-order valence-electron chi connectivity index (χ1n) is 14.5. The third kappa shape index (κ3) is 13.2. The number of nitrogens with two attached hydrogens (primary N) is 2. The Morgan fingerprint density at radius 1 is 0.911 bits per heavy atom. The van der Waals surface area contributed by atoms with Gasteiger partial charge in [-0.2, -0.15) is 0 Å². The van der Waals surface area contributed by atoms with E-state index in [9.17, 15) is 10.2 Å². The minimum Gasteiger partial charge on any atom is -0.504 e. The lowest BCUT2D eigenvalue weighted by atomic mass is 10.0. The van der Waals surface area contributed by atoms with Gasteiger partial charge in [0, 0.05) is 28.8 Å². The summed E-state index contributed by atoms with van der Waals surface area (Å²) in [6, 6.07) is 12.3. The summed E-state index contributed by atoms with van der Waals surface area (Å²) >= 11 is 0. The van der Waals surface area contributed by atoms with Gasteiger partial charge >= 0.3 is 0 Å². The lowest BCUT2D eigenvalue weighted by molar-refractivity contribution is -0.0112. The van der Waals surface area contributed by atoms with Gasteiger partial charge in [0.2, 0.25) is 5.75 Å². The Kier molecular flexibility index (Phi) is 16.4. The van der Waals surface area contributed by atoms with Crippen molar-refractivity contribution >= 4 is 5.76 Å². The van der Waals surface area contributed by atoms with E-state index in [-0.39, 0.29) is 23.9 Å². The Balaban J connectivity index is 1.25. The van der Waals surface area contributed by atoms with Gasteiger partial charge in [0.25, 0.3) is 0 Å². The van der Waals surface area contributed by atoms with Gasteiger partial charge in [0.05, 0.1) is 78.3 Å². The summed E-state index contributed by atoms with van der Waals surface area (Å²) in [7, 11) is 0. The molecule has 0 aliphatic carbocycles. The van der Waals surface area contributed by atoms with Gasteiger partial charge in [-0.05, 0) is 23.7 Å². The van der Waals surface area contributed by atoms with Crippen LogP contribution in [0.25, 0.3) is 16.2 Å². The summed E-state index contributed by atoms with van der Waals surface area (Å²) in [4.78, 5) is 2.64. The molecule has 0 saturated carbocycles. The molecular formula is C30H42N6O9. The molecule has 1 aliphatic heterocycles. The molecule has 0 aromatic heterocycles. The lowest BCUT2D eigenvalue weighted by Crippen LogP contribution is -2.31. The van der Waals surface area contributed by atoms with Crippen LogP contribution < -0.4 is 21.1 Å². The van der Waals surface area contributed by atoms with E-state index in [1.165, 1.54) is 17.3 Å². The van der Waals surface area contributed by atoms with E-state index in [0.29, 0.717) is 96.2 Å². The predicted molar refractivity (Wildman–Crippen MR) is 165 cm³/mol. The Morgan fingerprint density at radius 2 is 1.51 bits per heavy atom. The number of phenols is 1. The molecule has 0 fully saturated rings. The predicted octanol–water partition coefficient (Wildman–Crippen LogP) is 2.61. The van der Waals surface area contributed by atoms with Crippen LogP contribution in [0.15, 0.2) is 65.6 Å². The maximum Gasteiger partial charge on any atom is 0.204 e. The minimum absolute atomic E-state index is 0.0665. The topological polar surface area (TPSA) is 209 Å². The maximum atomic E-state index is 10.7. The molecule has 3 rings (SSSR count). The molecule has 1 atom stereocenters. The number of hydrogen-bond acceptors (Lipinski definition) is 13. The molecule has 1 unspecified atom stereocenters. The van der Waals surface area contributed by atoms with Crippen LogP contribution in [0.3, 0.4) is 0 Å². The molecule has 45 heavy (non-hydrogen) atoms. The third-order valence-electron chi connectivity index (χ3n) is 6.12. The summed E-state index contributed by atoms with van der Waals surface area (Å²) in [5.41, 5.74) is 15.8. The Labute approximate surface area is 262 Å². The first-order valence-corrected chi connectivity index (χ1v) is 14.5. The van der Waals surface area contributed by atoms with Crippen molar-refractivity contribution < 1.29 is 43.4 Å². The van der Waals surface area contributed by atoms with Crippen LogP contribution in [0.4, 0.5) is 0 Å². The number of aliphatic hydroxyl groups excluding tert-OH is 1. The molecule has 0 spiro atoms. The SMILES string of the molecule is [N-]=[N+]=NCCOCCOCCOCCOCCOCCN(N)/C=C(\N)COc1c(O)ccc2c1OC(c1ccccc1)=CC2O. The fourth-order valence-corrected chi connectivity index (χ4v) is 3.95. The highest BCUT2D eigenvalue weighted by atomic mass is 16.6. The third-order valence-corrected chi connectivity index (χ3v) is 6.12. The van der Waals surface area contributed by atoms with Crippen molar-refractivity contribution in [3.8, 4) is 17.2 Å². The van der Waals surface area contributed by atoms with E-state index in [4.69, 9.17) is 50.3 Å². The molecule has 0 amide bonds. The van der Waals surface area contributed by atoms with Crippen molar-refractivity contribution in [2.24, 2.45) is 16.7 Å². The zero-order valence-electron chi connectivity index (χ0n) is 25.2. The Morgan fingerprint density at radius 3 is 2.13 bits per heavy atom. The number of benzene rings is 2. The van der Waals surface area contributed by atoms with Crippen LogP contribution in [-0.2, 0) is 23.7 Å². The van der Waals surface area contributed by atoms with Crippen molar-refractivity contribution in [3.05, 3.63) is 82.0 Å². The van der Waals surface area contributed by atoms with Crippen LogP contribution in [0.1, 0.15) is 17.2 Å².